The van der Waals surface area contributed by atoms with Crippen LogP contribution in [0.1, 0.15) is 24.6 Å². The number of aromatic nitrogens is 1. The van der Waals surface area contributed by atoms with Crippen molar-refractivity contribution >= 4 is 0 Å². The van der Waals surface area contributed by atoms with Crippen LogP contribution in [0.25, 0.3) is 0 Å². The zero-order valence-corrected chi connectivity index (χ0v) is 7.02. The van der Waals surface area contributed by atoms with Crippen molar-refractivity contribution in [2.24, 2.45) is 7.05 Å². The Labute approximate surface area is 62.7 Å². The van der Waals surface area contributed by atoms with Crippen LogP contribution in [0.4, 0.5) is 0 Å². The van der Waals surface area contributed by atoms with Crippen molar-refractivity contribution in [2.45, 2.75) is 26.7 Å². The predicted molar refractivity (Wildman–Crippen MR) is 44.1 cm³/mol. The van der Waals surface area contributed by atoms with E-state index in [0.29, 0.717) is 0 Å². The topological polar surface area (TPSA) is 4.93 Å². The molecule has 0 saturated heterocycles. The molecule has 0 N–H and O–H groups in total. The molecular formula is C9H15N. The summed E-state index contributed by atoms with van der Waals surface area (Å²) >= 11 is 0. The highest BCUT2D eigenvalue weighted by Crippen LogP contribution is 2.09. The Kier molecular flexibility index (Phi) is 2.15. The lowest BCUT2D eigenvalue weighted by atomic mass is 10.2. The summed E-state index contributed by atoms with van der Waals surface area (Å²) in [6.45, 7) is 4.39. The predicted octanol–water partition coefficient (Wildman–Crippen LogP) is 2.29. The lowest BCUT2D eigenvalue weighted by Crippen LogP contribution is -1.95. The van der Waals surface area contributed by atoms with Crippen LogP contribution < -0.4 is 0 Å². The average Bonchev–Trinajstić information content (AvgIpc) is 2.20. The summed E-state index contributed by atoms with van der Waals surface area (Å²) in [7, 11) is 2.11. The Balaban J connectivity index is 2.87. The fourth-order valence-electron chi connectivity index (χ4n) is 1.30. The maximum absolute atomic E-state index is 2.21. The summed E-state index contributed by atoms with van der Waals surface area (Å²) < 4.78 is 2.21. The minimum Gasteiger partial charge on any atom is -0.354 e. The molecule has 0 unspecified atom stereocenters. The van der Waals surface area contributed by atoms with Gasteiger partial charge in [0, 0.05) is 18.9 Å². The van der Waals surface area contributed by atoms with Crippen LogP contribution in [0.15, 0.2) is 12.3 Å². The Morgan fingerprint density at radius 1 is 1.50 bits per heavy atom. The van der Waals surface area contributed by atoms with Gasteiger partial charge in [-0.3, -0.25) is 0 Å². The molecule has 1 nitrogen and oxygen atoms in total. The molecule has 0 bridgehead atoms. The van der Waals surface area contributed by atoms with E-state index in [4.69, 9.17) is 0 Å². The first-order valence-corrected chi connectivity index (χ1v) is 3.86. The van der Waals surface area contributed by atoms with E-state index >= 15 is 0 Å². The van der Waals surface area contributed by atoms with E-state index < -0.39 is 0 Å². The van der Waals surface area contributed by atoms with Gasteiger partial charge in [-0.05, 0) is 25.0 Å². The van der Waals surface area contributed by atoms with Crippen LogP contribution in [0.3, 0.4) is 0 Å². The fraction of sp³-hybridized carbons (Fsp3) is 0.556. The Morgan fingerprint density at radius 3 is 2.60 bits per heavy atom. The maximum atomic E-state index is 2.21. The van der Waals surface area contributed by atoms with Gasteiger partial charge in [0.2, 0.25) is 0 Å². The summed E-state index contributed by atoms with van der Waals surface area (Å²) in [6.07, 6.45) is 4.56. The first-order valence-electron chi connectivity index (χ1n) is 3.86. The number of rotatable bonds is 2. The van der Waals surface area contributed by atoms with Crippen LogP contribution in [-0.4, -0.2) is 4.57 Å². The van der Waals surface area contributed by atoms with Crippen LogP contribution >= 0.6 is 0 Å². The molecule has 0 aliphatic rings. The van der Waals surface area contributed by atoms with Gasteiger partial charge in [-0.25, -0.2) is 0 Å². The molecule has 0 aromatic carbocycles. The second-order valence-electron chi connectivity index (χ2n) is 2.81. The summed E-state index contributed by atoms with van der Waals surface area (Å²) in [6, 6.07) is 2.17. The number of hydrogen-bond acceptors (Lipinski definition) is 0. The Hall–Kier alpha value is -0.720. The van der Waals surface area contributed by atoms with E-state index in [2.05, 4.69) is 37.7 Å². The van der Waals surface area contributed by atoms with Crippen LogP contribution in [0.2, 0.25) is 0 Å². The monoisotopic (exact) mass is 137 g/mol. The zero-order chi connectivity index (χ0) is 7.56. The fourth-order valence-corrected chi connectivity index (χ4v) is 1.30. The smallest absolute Gasteiger partial charge is 0.0200 e. The van der Waals surface area contributed by atoms with Gasteiger partial charge in [0.05, 0.1) is 0 Å². The molecule has 1 rings (SSSR count). The van der Waals surface area contributed by atoms with E-state index in [-0.39, 0.29) is 0 Å². The van der Waals surface area contributed by atoms with Gasteiger partial charge in [-0.15, -0.1) is 0 Å². The minimum atomic E-state index is 1.20. The van der Waals surface area contributed by atoms with E-state index in [1.807, 2.05) is 0 Å². The molecule has 0 amide bonds. The molecule has 0 saturated carbocycles. The molecule has 1 aromatic heterocycles. The van der Waals surface area contributed by atoms with Crippen molar-refractivity contribution in [2.75, 3.05) is 0 Å². The van der Waals surface area contributed by atoms with Crippen molar-refractivity contribution in [1.29, 1.82) is 0 Å². The third-order valence-corrected chi connectivity index (χ3v) is 1.92. The average molecular weight is 137 g/mol. The number of aryl methyl sites for hydroxylation is 2. The standard InChI is InChI=1S/C9H15N/c1-4-5-9-8(2)6-7-10(9)3/h6-7H,4-5H2,1-3H3. The van der Waals surface area contributed by atoms with Crippen molar-refractivity contribution in [3.8, 4) is 0 Å². The van der Waals surface area contributed by atoms with E-state index in [0.717, 1.165) is 0 Å². The SMILES string of the molecule is CCCc1c(C)ccn1C. The maximum Gasteiger partial charge on any atom is 0.0200 e. The van der Waals surface area contributed by atoms with Crippen molar-refractivity contribution in [3.63, 3.8) is 0 Å². The van der Waals surface area contributed by atoms with Crippen LogP contribution in [-0.2, 0) is 13.5 Å². The van der Waals surface area contributed by atoms with Gasteiger partial charge in [0.25, 0.3) is 0 Å². The van der Waals surface area contributed by atoms with E-state index in [1.54, 1.807) is 0 Å². The summed E-state index contributed by atoms with van der Waals surface area (Å²) in [5, 5.41) is 0. The Morgan fingerprint density at radius 2 is 2.20 bits per heavy atom. The van der Waals surface area contributed by atoms with E-state index in [9.17, 15) is 0 Å². The van der Waals surface area contributed by atoms with Gasteiger partial charge in [-0.2, -0.15) is 0 Å². The third kappa shape index (κ3) is 1.23. The molecule has 0 atom stereocenters. The first kappa shape index (κ1) is 7.39. The van der Waals surface area contributed by atoms with Gasteiger partial charge >= 0.3 is 0 Å². The van der Waals surface area contributed by atoms with Gasteiger partial charge in [-0.1, -0.05) is 13.3 Å². The largest absolute Gasteiger partial charge is 0.354 e. The van der Waals surface area contributed by atoms with Crippen LogP contribution in [0, 0.1) is 6.92 Å². The zero-order valence-electron chi connectivity index (χ0n) is 7.02. The number of nitrogens with zero attached hydrogens (tertiary/aromatic N) is 1. The highest BCUT2D eigenvalue weighted by Gasteiger charge is 1.99. The van der Waals surface area contributed by atoms with Gasteiger partial charge in [0.1, 0.15) is 0 Å². The van der Waals surface area contributed by atoms with Crippen molar-refractivity contribution in [3.05, 3.63) is 23.5 Å². The quantitative estimate of drug-likeness (QED) is 0.589. The second-order valence-corrected chi connectivity index (χ2v) is 2.81. The lowest BCUT2D eigenvalue weighted by Gasteiger charge is -2.01. The third-order valence-electron chi connectivity index (χ3n) is 1.92. The Bertz CT molecular complexity index is 191. The normalized spacial score (nSPS) is 10.3. The molecule has 0 aliphatic heterocycles. The molecule has 0 radical (unpaired) electrons. The molecule has 1 aromatic rings. The van der Waals surface area contributed by atoms with Crippen LogP contribution in [0.5, 0.6) is 0 Å². The van der Waals surface area contributed by atoms with Gasteiger partial charge < -0.3 is 4.57 Å². The molecule has 56 valence electrons. The van der Waals surface area contributed by atoms with E-state index in [1.165, 1.54) is 24.1 Å². The first-order chi connectivity index (χ1) is 4.75. The van der Waals surface area contributed by atoms with Gasteiger partial charge in [0.15, 0.2) is 0 Å². The molecule has 1 heterocycles. The molecule has 1 heteroatoms. The lowest BCUT2D eigenvalue weighted by molar-refractivity contribution is 0.781. The molecule has 10 heavy (non-hydrogen) atoms. The number of hydrogen-bond donors (Lipinski definition) is 0. The molecule has 0 aliphatic carbocycles. The molecule has 0 spiro atoms. The molecule has 0 fully saturated rings. The van der Waals surface area contributed by atoms with Crippen molar-refractivity contribution < 1.29 is 0 Å². The second kappa shape index (κ2) is 2.91. The summed E-state index contributed by atoms with van der Waals surface area (Å²) in [5.74, 6) is 0. The summed E-state index contributed by atoms with van der Waals surface area (Å²) in [4.78, 5) is 0. The summed E-state index contributed by atoms with van der Waals surface area (Å²) in [5.41, 5.74) is 2.90. The highest BCUT2D eigenvalue weighted by atomic mass is 14.9. The molecular weight excluding hydrogens is 122 g/mol. The van der Waals surface area contributed by atoms with Crippen molar-refractivity contribution in [1.82, 2.24) is 4.57 Å². The minimum absolute atomic E-state index is 1.20. The highest BCUT2D eigenvalue weighted by molar-refractivity contribution is 5.20.